The molecule has 4 heteroatoms. The standard InChI is InChI=1S/C15H27NO3/c1-13(14-3-4-14)16(7-10-18-2)11-15(12-17)5-8-19-9-6-15/h12-14H,3-11H2,1-2H3. The van der Waals surface area contributed by atoms with Crippen molar-refractivity contribution in [2.45, 2.75) is 38.6 Å². The summed E-state index contributed by atoms with van der Waals surface area (Å²) < 4.78 is 10.6. The molecule has 4 nitrogen and oxygen atoms in total. The van der Waals surface area contributed by atoms with Crippen LogP contribution in [0, 0.1) is 11.3 Å². The Labute approximate surface area is 116 Å². The molecule has 1 saturated heterocycles. The summed E-state index contributed by atoms with van der Waals surface area (Å²) in [6.45, 7) is 6.25. The SMILES string of the molecule is COCCN(CC1(C=O)CCOCC1)C(C)C1CC1. The van der Waals surface area contributed by atoms with E-state index in [0.717, 1.165) is 38.5 Å². The van der Waals surface area contributed by atoms with Crippen molar-refractivity contribution < 1.29 is 14.3 Å². The normalized spacial score (nSPS) is 24.4. The summed E-state index contributed by atoms with van der Waals surface area (Å²) in [7, 11) is 1.74. The van der Waals surface area contributed by atoms with Crippen molar-refractivity contribution in [2.24, 2.45) is 11.3 Å². The first kappa shape index (κ1) is 14.9. The molecule has 1 atom stereocenters. The second kappa shape index (κ2) is 6.82. The molecule has 1 unspecified atom stereocenters. The fourth-order valence-electron chi connectivity index (χ4n) is 3.01. The monoisotopic (exact) mass is 269 g/mol. The van der Waals surface area contributed by atoms with E-state index in [1.165, 1.54) is 19.1 Å². The van der Waals surface area contributed by atoms with Crippen molar-refractivity contribution in [2.75, 3.05) is 40.0 Å². The quantitative estimate of drug-likeness (QED) is 0.629. The number of methoxy groups -OCH3 is 1. The lowest BCUT2D eigenvalue weighted by Crippen LogP contribution is -2.47. The van der Waals surface area contributed by atoms with Gasteiger partial charge in [-0.3, -0.25) is 4.90 Å². The number of hydrogen-bond donors (Lipinski definition) is 0. The van der Waals surface area contributed by atoms with E-state index in [1.807, 2.05) is 0 Å². The van der Waals surface area contributed by atoms with Gasteiger partial charge >= 0.3 is 0 Å². The number of hydrogen-bond acceptors (Lipinski definition) is 4. The molecule has 1 aliphatic carbocycles. The molecule has 1 heterocycles. The molecule has 2 rings (SSSR count). The fraction of sp³-hybridized carbons (Fsp3) is 0.933. The van der Waals surface area contributed by atoms with Crippen LogP contribution in [0.2, 0.25) is 0 Å². The van der Waals surface area contributed by atoms with E-state index in [9.17, 15) is 4.79 Å². The lowest BCUT2D eigenvalue weighted by atomic mass is 9.81. The number of carbonyl (C=O) groups is 1. The Kier molecular flexibility index (Phi) is 5.37. The number of carbonyl (C=O) groups excluding carboxylic acids is 1. The smallest absolute Gasteiger partial charge is 0.127 e. The van der Waals surface area contributed by atoms with E-state index < -0.39 is 0 Å². The van der Waals surface area contributed by atoms with Crippen LogP contribution in [0.1, 0.15) is 32.6 Å². The van der Waals surface area contributed by atoms with Gasteiger partial charge in [0.05, 0.1) is 6.61 Å². The molecular formula is C15H27NO3. The Morgan fingerprint density at radius 3 is 2.63 bits per heavy atom. The molecule has 0 bridgehead atoms. The predicted molar refractivity (Wildman–Crippen MR) is 74.2 cm³/mol. The number of rotatable bonds is 8. The minimum Gasteiger partial charge on any atom is -0.383 e. The molecule has 2 fully saturated rings. The van der Waals surface area contributed by atoms with Crippen molar-refractivity contribution in [3.8, 4) is 0 Å². The highest BCUT2D eigenvalue weighted by Crippen LogP contribution is 2.37. The zero-order valence-electron chi connectivity index (χ0n) is 12.3. The minimum atomic E-state index is -0.199. The van der Waals surface area contributed by atoms with E-state index in [2.05, 4.69) is 11.8 Å². The van der Waals surface area contributed by atoms with Gasteiger partial charge in [-0.15, -0.1) is 0 Å². The van der Waals surface area contributed by atoms with Crippen molar-refractivity contribution in [1.29, 1.82) is 0 Å². The first-order valence-corrected chi connectivity index (χ1v) is 7.48. The molecule has 0 amide bonds. The zero-order valence-corrected chi connectivity index (χ0v) is 12.3. The van der Waals surface area contributed by atoms with Gasteiger partial charge in [-0.2, -0.15) is 0 Å². The highest BCUT2D eigenvalue weighted by Gasteiger charge is 2.38. The summed E-state index contributed by atoms with van der Waals surface area (Å²) in [6.07, 6.45) is 5.56. The van der Waals surface area contributed by atoms with Crippen LogP contribution in [0.15, 0.2) is 0 Å². The first-order chi connectivity index (χ1) is 9.21. The summed E-state index contributed by atoms with van der Waals surface area (Å²) in [4.78, 5) is 14.0. The van der Waals surface area contributed by atoms with E-state index in [0.29, 0.717) is 19.3 Å². The highest BCUT2D eigenvalue weighted by molar-refractivity contribution is 5.60. The maximum absolute atomic E-state index is 11.6. The lowest BCUT2D eigenvalue weighted by Gasteiger charge is -2.39. The average molecular weight is 269 g/mol. The first-order valence-electron chi connectivity index (χ1n) is 7.48. The zero-order chi connectivity index (χ0) is 13.7. The van der Waals surface area contributed by atoms with Gasteiger partial charge in [0, 0.05) is 44.9 Å². The summed E-state index contributed by atoms with van der Waals surface area (Å²) >= 11 is 0. The molecule has 1 saturated carbocycles. The van der Waals surface area contributed by atoms with E-state index in [4.69, 9.17) is 9.47 Å². The van der Waals surface area contributed by atoms with E-state index in [-0.39, 0.29) is 5.41 Å². The summed E-state index contributed by atoms with van der Waals surface area (Å²) in [6, 6.07) is 0.565. The van der Waals surface area contributed by atoms with Gasteiger partial charge in [0.1, 0.15) is 6.29 Å². The van der Waals surface area contributed by atoms with Crippen LogP contribution in [-0.4, -0.2) is 57.2 Å². The highest BCUT2D eigenvalue weighted by atomic mass is 16.5. The molecule has 0 aromatic carbocycles. The summed E-state index contributed by atoms with van der Waals surface area (Å²) in [5.74, 6) is 0.820. The van der Waals surface area contributed by atoms with Gasteiger partial charge in [-0.25, -0.2) is 0 Å². The Balaban J connectivity index is 1.97. The van der Waals surface area contributed by atoms with E-state index >= 15 is 0 Å². The molecule has 1 aliphatic heterocycles. The lowest BCUT2D eigenvalue weighted by molar-refractivity contribution is -0.123. The van der Waals surface area contributed by atoms with Crippen LogP contribution in [0.4, 0.5) is 0 Å². The molecule has 110 valence electrons. The van der Waals surface area contributed by atoms with Crippen molar-refractivity contribution in [3.05, 3.63) is 0 Å². The molecule has 2 aliphatic rings. The molecule has 0 aromatic heterocycles. The minimum absolute atomic E-state index is 0.199. The van der Waals surface area contributed by atoms with Crippen LogP contribution in [0.5, 0.6) is 0 Å². The predicted octanol–water partition coefficient (Wildman–Crippen LogP) is 1.73. The Morgan fingerprint density at radius 2 is 2.11 bits per heavy atom. The molecule has 0 spiro atoms. The topological polar surface area (TPSA) is 38.8 Å². The largest absolute Gasteiger partial charge is 0.383 e. The maximum atomic E-state index is 11.6. The third-order valence-electron chi connectivity index (χ3n) is 4.72. The van der Waals surface area contributed by atoms with Crippen LogP contribution in [-0.2, 0) is 14.3 Å². The second-order valence-electron chi connectivity index (χ2n) is 6.13. The molecular weight excluding hydrogens is 242 g/mol. The maximum Gasteiger partial charge on any atom is 0.127 e. The number of aldehydes is 1. The number of nitrogens with zero attached hydrogens (tertiary/aromatic N) is 1. The van der Waals surface area contributed by atoms with Crippen LogP contribution in [0.3, 0.4) is 0 Å². The van der Waals surface area contributed by atoms with Crippen molar-refractivity contribution in [3.63, 3.8) is 0 Å². The van der Waals surface area contributed by atoms with Crippen LogP contribution >= 0.6 is 0 Å². The fourth-order valence-corrected chi connectivity index (χ4v) is 3.01. The Hall–Kier alpha value is -0.450. The molecule has 0 radical (unpaired) electrons. The molecule has 0 aromatic rings. The second-order valence-corrected chi connectivity index (χ2v) is 6.13. The Morgan fingerprint density at radius 1 is 1.42 bits per heavy atom. The number of ether oxygens (including phenoxy) is 2. The molecule has 0 N–H and O–H groups in total. The van der Waals surface area contributed by atoms with Gasteiger partial charge < -0.3 is 14.3 Å². The van der Waals surface area contributed by atoms with Gasteiger partial charge in [-0.05, 0) is 38.5 Å². The third kappa shape index (κ3) is 4.01. The van der Waals surface area contributed by atoms with Gasteiger partial charge in [0.2, 0.25) is 0 Å². The summed E-state index contributed by atoms with van der Waals surface area (Å²) in [5, 5.41) is 0. The van der Waals surface area contributed by atoms with E-state index in [1.54, 1.807) is 7.11 Å². The van der Waals surface area contributed by atoms with Crippen LogP contribution < -0.4 is 0 Å². The van der Waals surface area contributed by atoms with Crippen molar-refractivity contribution in [1.82, 2.24) is 4.90 Å². The summed E-state index contributed by atoms with van der Waals surface area (Å²) in [5.41, 5.74) is -0.199. The Bertz CT molecular complexity index is 285. The van der Waals surface area contributed by atoms with Crippen LogP contribution in [0.25, 0.3) is 0 Å². The van der Waals surface area contributed by atoms with Gasteiger partial charge in [0.15, 0.2) is 0 Å². The van der Waals surface area contributed by atoms with Crippen molar-refractivity contribution >= 4 is 6.29 Å². The molecule has 19 heavy (non-hydrogen) atoms. The average Bonchev–Trinajstić information content (AvgIpc) is 3.28. The van der Waals surface area contributed by atoms with Gasteiger partial charge in [0.25, 0.3) is 0 Å². The third-order valence-corrected chi connectivity index (χ3v) is 4.72. The van der Waals surface area contributed by atoms with Gasteiger partial charge in [-0.1, -0.05) is 0 Å².